The molecule has 0 aliphatic rings. The molecule has 0 radical (unpaired) electrons. The average Bonchev–Trinajstić information content (AvgIpc) is 2.61. The van der Waals surface area contributed by atoms with Crippen molar-refractivity contribution in [1.29, 1.82) is 5.26 Å². The third-order valence-electron chi connectivity index (χ3n) is 3.88. The zero-order valence-corrected chi connectivity index (χ0v) is 14.7. The molecule has 0 aliphatic heterocycles. The second kappa shape index (κ2) is 8.21. The van der Waals surface area contributed by atoms with E-state index in [1.807, 2.05) is 62.4 Å². The van der Waals surface area contributed by atoms with Gasteiger partial charge in [-0.15, -0.1) is 0 Å². The van der Waals surface area contributed by atoms with Crippen LogP contribution in [-0.2, 0) is 0 Å². The van der Waals surface area contributed by atoms with Gasteiger partial charge in [0.2, 0.25) is 0 Å². The Kier molecular flexibility index (Phi) is 6.03. The third-order valence-corrected chi connectivity index (χ3v) is 3.88. The van der Waals surface area contributed by atoms with Crippen molar-refractivity contribution in [1.82, 2.24) is 0 Å². The topological polar surface area (TPSA) is 42.2 Å². The summed E-state index contributed by atoms with van der Waals surface area (Å²) >= 11 is 0. The van der Waals surface area contributed by atoms with Crippen molar-refractivity contribution in [3.63, 3.8) is 0 Å². The van der Waals surface area contributed by atoms with Crippen LogP contribution in [0.3, 0.4) is 0 Å². The smallest absolute Gasteiger partial charge is 0.161 e. The zero-order valence-electron chi connectivity index (χ0n) is 14.7. The predicted molar refractivity (Wildman–Crippen MR) is 98.0 cm³/mol. The molecule has 0 heterocycles. The molecule has 0 fully saturated rings. The third kappa shape index (κ3) is 4.39. The zero-order chi connectivity index (χ0) is 17.5. The molecule has 2 rings (SSSR count). The summed E-state index contributed by atoms with van der Waals surface area (Å²) in [5, 5.41) is 9.47. The van der Waals surface area contributed by atoms with Crippen LogP contribution in [0.5, 0.6) is 11.5 Å². The van der Waals surface area contributed by atoms with Gasteiger partial charge in [-0.25, -0.2) is 0 Å². The fourth-order valence-corrected chi connectivity index (χ4v) is 2.25. The standard InChI is InChI=1S/C21H23NO2/c1-5-16(3)24-20-11-8-17(13-21(20)23-4)12-19(14-22)18-9-6-15(2)7-10-18/h6-13,16H,5H2,1-4H3/b19-12-. The lowest BCUT2D eigenvalue weighted by Crippen LogP contribution is -2.10. The van der Waals surface area contributed by atoms with E-state index in [9.17, 15) is 5.26 Å². The molecule has 0 N–H and O–H groups in total. The summed E-state index contributed by atoms with van der Waals surface area (Å²) in [6.07, 6.45) is 2.92. The van der Waals surface area contributed by atoms with Gasteiger partial charge in [-0.2, -0.15) is 5.26 Å². The quantitative estimate of drug-likeness (QED) is 0.539. The minimum Gasteiger partial charge on any atom is -0.493 e. The Morgan fingerprint density at radius 1 is 1.17 bits per heavy atom. The molecular weight excluding hydrogens is 298 g/mol. The molecule has 0 saturated carbocycles. The molecule has 0 amide bonds. The van der Waals surface area contributed by atoms with Gasteiger partial charge in [0, 0.05) is 0 Å². The van der Waals surface area contributed by atoms with E-state index in [0.717, 1.165) is 23.3 Å². The van der Waals surface area contributed by atoms with Gasteiger partial charge in [-0.1, -0.05) is 42.8 Å². The Morgan fingerprint density at radius 3 is 2.46 bits per heavy atom. The molecule has 0 saturated heterocycles. The number of aryl methyl sites for hydroxylation is 1. The van der Waals surface area contributed by atoms with Crippen molar-refractivity contribution in [3.8, 4) is 17.6 Å². The number of methoxy groups -OCH3 is 1. The Balaban J connectivity index is 2.34. The highest BCUT2D eigenvalue weighted by Crippen LogP contribution is 2.31. The van der Waals surface area contributed by atoms with E-state index in [0.29, 0.717) is 11.3 Å². The fraction of sp³-hybridized carbons (Fsp3) is 0.286. The van der Waals surface area contributed by atoms with Crippen LogP contribution >= 0.6 is 0 Å². The normalized spacial score (nSPS) is 12.4. The van der Waals surface area contributed by atoms with Crippen molar-refractivity contribution < 1.29 is 9.47 Å². The van der Waals surface area contributed by atoms with Crippen LogP contribution in [0.1, 0.15) is 37.0 Å². The van der Waals surface area contributed by atoms with Gasteiger partial charge in [-0.3, -0.25) is 0 Å². The number of rotatable bonds is 6. The van der Waals surface area contributed by atoms with Gasteiger partial charge >= 0.3 is 0 Å². The summed E-state index contributed by atoms with van der Waals surface area (Å²) in [4.78, 5) is 0. The van der Waals surface area contributed by atoms with Crippen LogP contribution in [-0.4, -0.2) is 13.2 Å². The molecule has 0 aromatic heterocycles. The highest BCUT2D eigenvalue weighted by Gasteiger charge is 2.09. The van der Waals surface area contributed by atoms with Crippen LogP contribution in [0, 0.1) is 18.3 Å². The van der Waals surface area contributed by atoms with E-state index < -0.39 is 0 Å². The van der Waals surface area contributed by atoms with E-state index >= 15 is 0 Å². The maximum Gasteiger partial charge on any atom is 0.161 e. The molecule has 0 bridgehead atoms. The lowest BCUT2D eigenvalue weighted by molar-refractivity contribution is 0.207. The Morgan fingerprint density at radius 2 is 1.88 bits per heavy atom. The van der Waals surface area contributed by atoms with Gasteiger partial charge in [0.25, 0.3) is 0 Å². The van der Waals surface area contributed by atoms with Gasteiger partial charge in [-0.05, 0) is 49.6 Å². The number of hydrogen-bond donors (Lipinski definition) is 0. The van der Waals surface area contributed by atoms with E-state index in [1.165, 1.54) is 5.56 Å². The molecule has 24 heavy (non-hydrogen) atoms. The van der Waals surface area contributed by atoms with Crippen molar-refractivity contribution >= 4 is 11.6 Å². The van der Waals surface area contributed by atoms with Crippen LogP contribution in [0.15, 0.2) is 42.5 Å². The molecule has 2 aromatic carbocycles. The Bertz CT molecular complexity index is 754. The molecule has 0 spiro atoms. The largest absolute Gasteiger partial charge is 0.493 e. The Hall–Kier alpha value is -2.73. The van der Waals surface area contributed by atoms with Crippen LogP contribution in [0.2, 0.25) is 0 Å². The molecule has 3 nitrogen and oxygen atoms in total. The van der Waals surface area contributed by atoms with Gasteiger partial charge < -0.3 is 9.47 Å². The lowest BCUT2D eigenvalue weighted by Gasteiger charge is -2.15. The number of allylic oxidation sites excluding steroid dienone is 1. The van der Waals surface area contributed by atoms with Crippen molar-refractivity contribution in [2.24, 2.45) is 0 Å². The highest BCUT2D eigenvalue weighted by atomic mass is 16.5. The maximum atomic E-state index is 9.47. The van der Waals surface area contributed by atoms with Crippen molar-refractivity contribution in [3.05, 3.63) is 59.2 Å². The minimum absolute atomic E-state index is 0.127. The summed E-state index contributed by atoms with van der Waals surface area (Å²) < 4.78 is 11.3. The first kappa shape index (κ1) is 17.6. The summed E-state index contributed by atoms with van der Waals surface area (Å²) in [6.45, 7) is 6.13. The SMILES string of the molecule is CCC(C)Oc1ccc(/C=C(/C#N)c2ccc(C)cc2)cc1OC. The van der Waals surface area contributed by atoms with Crippen molar-refractivity contribution in [2.75, 3.05) is 7.11 Å². The summed E-state index contributed by atoms with van der Waals surface area (Å²) in [5.74, 6) is 1.39. The fourth-order valence-electron chi connectivity index (χ4n) is 2.25. The number of hydrogen-bond acceptors (Lipinski definition) is 3. The second-order valence-electron chi connectivity index (χ2n) is 5.78. The highest BCUT2D eigenvalue weighted by molar-refractivity contribution is 5.89. The van der Waals surface area contributed by atoms with Crippen molar-refractivity contribution in [2.45, 2.75) is 33.3 Å². The lowest BCUT2D eigenvalue weighted by atomic mass is 10.0. The number of ether oxygens (including phenoxy) is 2. The number of benzene rings is 2. The second-order valence-corrected chi connectivity index (χ2v) is 5.78. The molecule has 2 aromatic rings. The first-order chi connectivity index (χ1) is 11.6. The molecule has 1 atom stereocenters. The summed E-state index contributed by atoms with van der Waals surface area (Å²) in [5.41, 5.74) is 3.60. The first-order valence-electron chi connectivity index (χ1n) is 8.11. The molecule has 1 unspecified atom stereocenters. The summed E-state index contributed by atoms with van der Waals surface area (Å²) in [6, 6.07) is 15.9. The van der Waals surface area contributed by atoms with E-state index in [-0.39, 0.29) is 6.10 Å². The van der Waals surface area contributed by atoms with E-state index in [4.69, 9.17) is 9.47 Å². The van der Waals surface area contributed by atoms with Gasteiger partial charge in [0.1, 0.15) is 0 Å². The van der Waals surface area contributed by atoms with Gasteiger partial charge in [0.05, 0.1) is 24.9 Å². The predicted octanol–water partition coefficient (Wildman–Crippen LogP) is 5.25. The number of nitrogens with zero attached hydrogens (tertiary/aromatic N) is 1. The summed E-state index contributed by atoms with van der Waals surface area (Å²) in [7, 11) is 1.62. The Labute approximate surface area is 144 Å². The monoisotopic (exact) mass is 321 g/mol. The van der Waals surface area contributed by atoms with Crippen LogP contribution in [0.25, 0.3) is 11.6 Å². The number of nitriles is 1. The maximum absolute atomic E-state index is 9.47. The van der Waals surface area contributed by atoms with Crippen LogP contribution < -0.4 is 9.47 Å². The van der Waals surface area contributed by atoms with E-state index in [1.54, 1.807) is 7.11 Å². The molecule has 0 aliphatic carbocycles. The minimum atomic E-state index is 0.127. The first-order valence-corrected chi connectivity index (χ1v) is 8.11. The average molecular weight is 321 g/mol. The molecular formula is C21H23NO2. The molecule has 124 valence electrons. The van der Waals surface area contributed by atoms with Gasteiger partial charge in [0.15, 0.2) is 11.5 Å². The molecule has 3 heteroatoms. The van der Waals surface area contributed by atoms with E-state index in [2.05, 4.69) is 13.0 Å². The van der Waals surface area contributed by atoms with Crippen LogP contribution in [0.4, 0.5) is 0 Å².